The lowest BCUT2D eigenvalue weighted by Crippen LogP contribution is -2.15. The average Bonchev–Trinajstić information content (AvgIpc) is 2.37. The summed E-state index contributed by atoms with van der Waals surface area (Å²) in [6.45, 7) is 1.95. The largest absolute Gasteiger partial charge is 0.309 e. The van der Waals surface area contributed by atoms with Crippen molar-refractivity contribution in [2.45, 2.75) is 19.8 Å². The van der Waals surface area contributed by atoms with Gasteiger partial charge in [-0.3, -0.25) is 4.79 Å². The number of nitrogens with zero attached hydrogens (tertiary/aromatic N) is 1. The lowest BCUT2D eigenvalue weighted by molar-refractivity contribution is 0.877. The van der Waals surface area contributed by atoms with Crippen LogP contribution in [0.2, 0.25) is 10.0 Å². The Balaban J connectivity index is 2.38. The Bertz CT molecular complexity index is 670. The predicted octanol–water partition coefficient (Wildman–Crippen LogP) is 3.99. The molecule has 19 heavy (non-hydrogen) atoms. The molecule has 0 fully saturated rings. The summed E-state index contributed by atoms with van der Waals surface area (Å²) in [7, 11) is 0. The second-order valence-electron chi connectivity index (χ2n) is 4.04. The second-order valence-corrected chi connectivity index (χ2v) is 5.68. The first-order valence-electron chi connectivity index (χ1n) is 5.72. The molecule has 2 rings (SSSR count). The quantitative estimate of drug-likeness (QED) is 0.898. The van der Waals surface area contributed by atoms with Crippen LogP contribution in [0.5, 0.6) is 0 Å². The second kappa shape index (κ2) is 6.07. The van der Waals surface area contributed by atoms with Gasteiger partial charge in [-0.2, -0.15) is 0 Å². The van der Waals surface area contributed by atoms with Crippen LogP contribution in [-0.2, 0) is 12.8 Å². The first kappa shape index (κ1) is 14.6. The summed E-state index contributed by atoms with van der Waals surface area (Å²) >= 11 is 15.2. The number of halogens is 3. The molecule has 0 bridgehead atoms. The monoisotopic (exact) mass is 360 g/mol. The van der Waals surface area contributed by atoms with Gasteiger partial charge in [-0.1, -0.05) is 36.2 Å². The van der Waals surface area contributed by atoms with E-state index < -0.39 is 0 Å². The molecule has 1 aromatic heterocycles. The Kier molecular flexibility index (Phi) is 4.66. The van der Waals surface area contributed by atoms with Crippen molar-refractivity contribution in [3.05, 3.63) is 60.2 Å². The van der Waals surface area contributed by atoms with Crippen molar-refractivity contribution in [1.82, 2.24) is 9.97 Å². The summed E-state index contributed by atoms with van der Waals surface area (Å²) in [6.07, 6.45) is 1.15. The van der Waals surface area contributed by atoms with Gasteiger partial charge in [0.15, 0.2) is 0 Å². The maximum absolute atomic E-state index is 11.8. The number of rotatable bonds is 3. The molecule has 2 aromatic rings. The third kappa shape index (κ3) is 3.38. The smallest absolute Gasteiger partial charge is 0.265 e. The highest BCUT2D eigenvalue weighted by Crippen LogP contribution is 2.22. The van der Waals surface area contributed by atoms with Gasteiger partial charge in [0, 0.05) is 16.5 Å². The van der Waals surface area contributed by atoms with Crippen molar-refractivity contribution in [2.24, 2.45) is 0 Å². The average molecular weight is 362 g/mol. The number of hydrogen-bond donors (Lipinski definition) is 1. The lowest BCUT2D eigenvalue weighted by Gasteiger charge is -2.07. The van der Waals surface area contributed by atoms with E-state index in [1.165, 1.54) is 0 Å². The Morgan fingerprint density at radius 2 is 2.11 bits per heavy atom. The highest BCUT2D eigenvalue weighted by molar-refractivity contribution is 9.10. The van der Waals surface area contributed by atoms with Gasteiger partial charge >= 0.3 is 0 Å². The zero-order chi connectivity index (χ0) is 14.0. The van der Waals surface area contributed by atoms with E-state index in [1.807, 2.05) is 13.0 Å². The van der Waals surface area contributed by atoms with Gasteiger partial charge in [0.25, 0.3) is 5.56 Å². The Labute approximate surface area is 129 Å². The van der Waals surface area contributed by atoms with E-state index in [2.05, 4.69) is 25.9 Å². The van der Waals surface area contributed by atoms with Crippen LogP contribution in [0.3, 0.4) is 0 Å². The van der Waals surface area contributed by atoms with Crippen molar-refractivity contribution < 1.29 is 0 Å². The molecule has 0 saturated carbocycles. The molecule has 0 atom stereocenters. The number of nitrogens with one attached hydrogen (secondary N) is 1. The third-order valence-electron chi connectivity index (χ3n) is 2.69. The number of aromatic amines is 1. The molecular weight excluding hydrogens is 351 g/mol. The first-order valence-corrected chi connectivity index (χ1v) is 7.27. The number of aryl methyl sites for hydroxylation is 1. The number of aromatic nitrogens is 2. The summed E-state index contributed by atoms with van der Waals surface area (Å²) in [5.41, 5.74) is 1.44. The van der Waals surface area contributed by atoms with Crippen molar-refractivity contribution >= 4 is 39.1 Å². The van der Waals surface area contributed by atoms with Crippen molar-refractivity contribution in [2.75, 3.05) is 0 Å². The van der Waals surface area contributed by atoms with Gasteiger partial charge in [0.2, 0.25) is 0 Å². The molecular formula is C13H11BrCl2N2O. The summed E-state index contributed by atoms with van der Waals surface area (Å²) in [5.74, 6) is 0.592. The maximum Gasteiger partial charge on any atom is 0.265 e. The van der Waals surface area contributed by atoms with Gasteiger partial charge in [-0.25, -0.2) is 4.98 Å². The van der Waals surface area contributed by atoms with E-state index in [4.69, 9.17) is 23.2 Å². The molecule has 0 aliphatic rings. The van der Waals surface area contributed by atoms with Crippen LogP contribution >= 0.6 is 39.1 Å². The normalized spacial score (nSPS) is 10.7. The molecule has 1 N–H and O–H groups in total. The van der Waals surface area contributed by atoms with Crippen molar-refractivity contribution in [3.63, 3.8) is 0 Å². The summed E-state index contributed by atoms with van der Waals surface area (Å²) in [6, 6.07) is 5.27. The highest BCUT2D eigenvalue weighted by atomic mass is 79.9. The Hall–Kier alpha value is -0.840. The molecule has 6 heteroatoms. The zero-order valence-corrected chi connectivity index (χ0v) is 13.2. The van der Waals surface area contributed by atoms with E-state index in [0.29, 0.717) is 33.2 Å². The van der Waals surface area contributed by atoms with Crippen molar-refractivity contribution in [1.29, 1.82) is 0 Å². The SMILES string of the molecule is CCc1nc(Cc2ccc(Cl)cc2Cl)[nH]c(=O)c1Br. The van der Waals surface area contributed by atoms with Gasteiger partial charge in [-0.05, 0) is 40.0 Å². The van der Waals surface area contributed by atoms with Crippen LogP contribution < -0.4 is 5.56 Å². The van der Waals surface area contributed by atoms with Gasteiger partial charge < -0.3 is 4.98 Å². The summed E-state index contributed by atoms with van der Waals surface area (Å²) < 4.78 is 0.487. The summed E-state index contributed by atoms with van der Waals surface area (Å²) in [5, 5.41) is 1.15. The van der Waals surface area contributed by atoms with Gasteiger partial charge in [0.1, 0.15) is 10.3 Å². The van der Waals surface area contributed by atoms with E-state index in [9.17, 15) is 4.79 Å². The fourth-order valence-electron chi connectivity index (χ4n) is 1.72. The number of benzene rings is 1. The van der Waals surface area contributed by atoms with Crippen LogP contribution in [0.15, 0.2) is 27.5 Å². The number of H-pyrrole nitrogens is 1. The van der Waals surface area contributed by atoms with Crippen molar-refractivity contribution in [3.8, 4) is 0 Å². The molecule has 0 saturated heterocycles. The molecule has 1 aromatic carbocycles. The minimum atomic E-state index is -0.174. The minimum absolute atomic E-state index is 0.174. The molecule has 0 aliphatic carbocycles. The topological polar surface area (TPSA) is 45.8 Å². The van der Waals surface area contributed by atoms with Gasteiger partial charge in [0.05, 0.1) is 5.69 Å². The van der Waals surface area contributed by atoms with Crippen LogP contribution in [0.4, 0.5) is 0 Å². The predicted molar refractivity (Wildman–Crippen MR) is 81.2 cm³/mol. The number of hydrogen-bond acceptors (Lipinski definition) is 2. The van der Waals surface area contributed by atoms with E-state index in [0.717, 1.165) is 11.3 Å². The van der Waals surface area contributed by atoms with Crippen LogP contribution in [0.1, 0.15) is 24.0 Å². The minimum Gasteiger partial charge on any atom is -0.309 e. The maximum atomic E-state index is 11.8. The van der Waals surface area contributed by atoms with Gasteiger partial charge in [-0.15, -0.1) is 0 Å². The molecule has 0 radical (unpaired) electrons. The Morgan fingerprint density at radius 1 is 1.37 bits per heavy atom. The molecule has 3 nitrogen and oxygen atoms in total. The first-order chi connectivity index (χ1) is 9.01. The highest BCUT2D eigenvalue weighted by Gasteiger charge is 2.09. The molecule has 0 amide bonds. The molecule has 0 spiro atoms. The molecule has 100 valence electrons. The summed E-state index contributed by atoms with van der Waals surface area (Å²) in [4.78, 5) is 18.9. The fourth-order valence-corrected chi connectivity index (χ4v) is 2.66. The fraction of sp³-hybridized carbons (Fsp3) is 0.231. The Morgan fingerprint density at radius 3 is 2.74 bits per heavy atom. The van der Waals surface area contributed by atoms with Crippen LogP contribution in [0.25, 0.3) is 0 Å². The molecule has 0 unspecified atom stereocenters. The lowest BCUT2D eigenvalue weighted by atomic mass is 10.1. The molecule has 0 aliphatic heterocycles. The van der Waals surface area contributed by atoms with Crippen LogP contribution in [0, 0.1) is 0 Å². The standard InChI is InChI=1S/C13H11BrCl2N2O/c1-2-10-12(14)13(19)18-11(17-10)5-7-3-4-8(15)6-9(7)16/h3-4,6H,2,5H2,1H3,(H,17,18,19). The van der Waals surface area contributed by atoms with E-state index in [-0.39, 0.29) is 5.56 Å². The van der Waals surface area contributed by atoms with E-state index in [1.54, 1.807) is 12.1 Å². The third-order valence-corrected chi connectivity index (χ3v) is 4.09. The van der Waals surface area contributed by atoms with Crippen LogP contribution in [-0.4, -0.2) is 9.97 Å². The van der Waals surface area contributed by atoms with E-state index >= 15 is 0 Å². The molecule has 1 heterocycles. The zero-order valence-electron chi connectivity index (χ0n) is 10.1.